The highest BCUT2D eigenvalue weighted by Gasteiger charge is 2.09. The molecular weight excluding hydrogens is 309 g/mol. The van der Waals surface area contributed by atoms with Gasteiger partial charge in [-0.3, -0.25) is 0 Å². The second-order valence-corrected chi connectivity index (χ2v) is 5.58. The van der Waals surface area contributed by atoms with Crippen LogP contribution in [0.4, 0.5) is 10.5 Å². The van der Waals surface area contributed by atoms with Crippen LogP contribution in [0.25, 0.3) is 0 Å². The van der Waals surface area contributed by atoms with Crippen LogP contribution in [0.1, 0.15) is 25.7 Å². The smallest absolute Gasteiger partial charge is 0.319 e. The fourth-order valence-corrected chi connectivity index (χ4v) is 2.62. The third kappa shape index (κ3) is 7.02. The van der Waals surface area contributed by atoms with Crippen molar-refractivity contribution in [1.82, 2.24) is 10.2 Å². The van der Waals surface area contributed by atoms with Crippen molar-refractivity contribution in [3.05, 3.63) is 29.3 Å². The van der Waals surface area contributed by atoms with Crippen molar-refractivity contribution in [2.24, 2.45) is 0 Å². The summed E-state index contributed by atoms with van der Waals surface area (Å²) in [5.74, 6) is 0. The lowest BCUT2D eigenvalue weighted by Gasteiger charge is -2.26. The van der Waals surface area contributed by atoms with E-state index in [1.807, 2.05) is 12.1 Å². The lowest BCUT2D eigenvalue weighted by atomic mass is 10.1. The quantitative estimate of drug-likeness (QED) is 0.765. The molecule has 1 aromatic rings. The van der Waals surface area contributed by atoms with Crippen LogP contribution in [0.2, 0.25) is 5.02 Å². The second-order valence-electron chi connectivity index (χ2n) is 5.15. The van der Waals surface area contributed by atoms with Crippen LogP contribution >= 0.6 is 11.6 Å². The van der Waals surface area contributed by atoms with Crippen LogP contribution in [-0.4, -0.2) is 37.1 Å². The maximum absolute atomic E-state index is 11.7. The highest BCUT2D eigenvalue weighted by molar-refractivity contribution is 6.30. The van der Waals surface area contributed by atoms with Gasteiger partial charge in [0.2, 0.25) is 0 Å². The Kier molecular flexibility index (Phi) is 8.50. The molecule has 6 heteroatoms. The third-order valence-corrected chi connectivity index (χ3v) is 3.70. The largest absolute Gasteiger partial charge is 1.00 e. The highest BCUT2D eigenvalue weighted by Crippen LogP contribution is 2.14. The van der Waals surface area contributed by atoms with Gasteiger partial charge in [0.25, 0.3) is 0 Å². The number of halogens is 2. The number of carbonyl (C=O) groups is 1. The Morgan fingerprint density at radius 3 is 2.71 bits per heavy atom. The topological polar surface area (TPSA) is 44.4 Å². The number of benzene rings is 1. The summed E-state index contributed by atoms with van der Waals surface area (Å²) >= 11 is 5.86. The predicted molar refractivity (Wildman–Crippen MR) is 83.4 cm³/mol. The number of amides is 2. The molecule has 1 fully saturated rings. The number of rotatable bonds is 5. The van der Waals surface area contributed by atoms with Gasteiger partial charge in [-0.1, -0.05) is 24.1 Å². The molecule has 0 saturated carbocycles. The van der Waals surface area contributed by atoms with Crippen molar-refractivity contribution in [3.63, 3.8) is 0 Å². The van der Waals surface area contributed by atoms with Gasteiger partial charge >= 0.3 is 6.03 Å². The van der Waals surface area contributed by atoms with Crippen molar-refractivity contribution in [1.29, 1.82) is 0 Å². The fraction of sp³-hybridized carbons (Fsp3) is 0.533. The van der Waals surface area contributed by atoms with Gasteiger partial charge in [-0.25, -0.2) is 4.79 Å². The molecule has 4 nitrogen and oxygen atoms in total. The molecule has 2 N–H and O–H groups in total. The summed E-state index contributed by atoms with van der Waals surface area (Å²) in [4.78, 5) is 14.2. The molecule has 1 aliphatic heterocycles. The average Bonchev–Trinajstić information content (AvgIpc) is 2.45. The molecular formula is C15H22Cl2N3O-. The summed E-state index contributed by atoms with van der Waals surface area (Å²) in [6.07, 6.45) is 4.96. The molecule has 0 radical (unpaired) electrons. The minimum absolute atomic E-state index is 0. The highest BCUT2D eigenvalue weighted by atomic mass is 35.5. The van der Waals surface area contributed by atoms with E-state index in [1.165, 1.54) is 32.4 Å². The SMILES string of the molecule is O=C(NCCCN1CCCCC1)Nc1cccc(Cl)c1.[Cl-]. The molecule has 1 saturated heterocycles. The molecule has 0 spiro atoms. The molecule has 1 aliphatic rings. The molecule has 118 valence electrons. The van der Waals surface area contributed by atoms with Crippen LogP contribution in [0.3, 0.4) is 0 Å². The molecule has 0 atom stereocenters. The zero-order valence-electron chi connectivity index (χ0n) is 12.1. The molecule has 1 aromatic carbocycles. The lowest BCUT2D eigenvalue weighted by Crippen LogP contribution is -3.00. The number of urea groups is 1. The first-order chi connectivity index (χ1) is 9.74. The molecule has 2 amide bonds. The number of piperidine rings is 1. The molecule has 0 unspecified atom stereocenters. The van der Waals surface area contributed by atoms with Gasteiger partial charge in [-0.15, -0.1) is 0 Å². The van der Waals surface area contributed by atoms with Crippen molar-refractivity contribution in [2.75, 3.05) is 31.5 Å². The van der Waals surface area contributed by atoms with Crippen molar-refractivity contribution in [2.45, 2.75) is 25.7 Å². The number of likely N-dealkylation sites (tertiary alicyclic amines) is 1. The van der Waals surface area contributed by atoms with Gasteiger partial charge in [0.05, 0.1) is 0 Å². The van der Waals surface area contributed by atoms with E-state index < -0.39 is 0 Å². The maximum atomic E-state index is 11.7. The van der Waals surface area contributed by atoms with E-state index in [2.05, 4.69) is 15.5 Å². The first-order valence-corrected chi connectivity index (χ1v) is 7.64. The normalized spacial score (nSPS) is 15.1. The maximum Gasteiger partial charge on any atom is 0.319 e. The average molecular weight is 331 g/mol. The molecule has 21 heavy (non-hydrogen) atoms. The number of hydrogen-bond donors (Lipinski definition) is 2. The van der Waals surface area contributed by atoms with Crippen LogP contribution in [0.5, 0.6) is 0 Å². The van der Waals surface area contributed by atoms with E-state index >= 15 is 0 Å². The Balaban J connectivity index is 0.00000220. The minimum atomic E-state index is -0.175. The number of nitrogens with zero attached hydrogens (tertiary/aromatic N) is 1. The number of carbonyl (C=O) groups excluding carboxylic acids is 1. The molecule has 1 heterocycles. The van der Waals surface area contributed by atoms with Gasteiger partial charge < -0.3 is 27.9 Å². The van der Waals surface area contributed by atoms with E-state index in [4.69, 9.17) is 11.6 Å². The summed E-state index contributed by atoms with van der Waals surface area (Å²) in [5, 5.41) is 6.26. The molecule has 0 aromatic heterocycles. The van der Waals surface area contributed by atoms with Crippen molar-refractivity contribution < 1.29 is 17.2 Å². The predicted octanol–water partition coefficient (Wildman–Crippen LogP) is 0.342. The lowest BCUT2D eigenvalue weighted by molar-refractivity contribution is -0.00000722. The summed E-state index contributed by atoms with van der Waals surface area (Å²) in [6.45, 7) is 4.17. The fourth-order valence-electron chi connectivity index (χ4n) is 2.43. The van der Waals surface area contributed by atoms with Crippen LogP contribution in [-0.2, 0) is 0 Å². The number of hydrogen-bond acceptors (Lipinski definition) is 2. The van der Waals surface area contributed by atoms with E-state index in [-0.39, 0.29) is 18.4 Å². The zero-order chi connectivity index (χ0) is 14.2. The van der Waals surface area contributed by atoms with Gasteiger partial charge in [0.15, 0.2) is 0 Å². The standard InChI is InChI=1S/C15H22ClN3O.ClH/c16-13-6-4-7-14(12-13)18-15(20)17-8-5-11-19-9-2-1-3-10-19;/h4,6-7,12H,1-3,5,8-11H2,(H2,17,18,20);1H/p-1. The van der Waals surface area contributed by atoms with Crippen LogP contribution < -0.4 is 23.0 Å². The van der Waals surface area contributed by atoms with Crippen molar-refractivity contribution >= 4 is 23.3 Å². The summed E-state index contributed by atoms with van der Waals surface area (Å²) < 4.78 is 0. The van der Waals surface area contributed by atoms with E-state index in [9.17, 15) is 4.79 Å². The zero-order valence-corrected chi connectivity index (χ0v) is 13.6. The summed E-state index contributed by atoms with van der Waals surface area (Å²) in [6, 6.07) is 6.97. The van der Waals surface area contributed by atoms with E-state index in [1.54, 1.807) is 12.1 Å². The third-order valence-electron chi connectivity index (χ3n) is 3.47. The van der Waals surface area contributed by atoms with Crippen molar-refractivity contribution in [3.8, 4) is 0 Å². The first kappa shape index (κ1) is 18.1. The first-order valence-electron chi connectivity index (χ1n) is 7.27. The molecule has 0 bridgehead atoms. The van der Waals surface area contributed by atoms with Gasteiger partial charge in [0, 0.05) is 17.3 Å². The Morgan fingerprint density at radius 1 is 1.24 bits per heavy atom. The Morgan fingerprint density at radius 2 is 2.00 bits per heavy atom. The summed E-state index contributed by atoms with van der Waals surface area (Å²) in [7, 11) is 0. The van der Waals surface area contributed by atoms with Gasteiger partial charge in [-0.2, -0.15) is 0 Å². The van der Waals surface area contributed by atoms with Gasteiger partial charge in [0.1, 0.15) is 0 Å². The minimum Gasteiger partial charge on any atom is -1.00 e. The van der Waals surface area contributed by atoms with E-state index in [0.29, 0.717) is 17.3 Å². The Bertz CT molecular complexity index is 437. The summed E-state index contributed by atoms with van der Waals surface area (Å²) in [5.41, 5.74) is 0.714. The Hall–Kier alpha value is -0.970. The van der Waals surface area contributed by atoms with Crippen LogP contribution in [0.15, 0.2) is 24.3 Å². The molecule has 0 aliphatic carbocycles. The van der Waals surface area contributed by atoms with Gasteiger partial charge in [-0.05, 0) is 57.1 Å². The van der Waals surface area contributed by atoms with Crippen LogP contribution in [0, 0.1) is 0 Å². The Labute approximate surface area is 137 Å². The number of anilines is 1. The molecule has 2 rings (SSSR count). The second kappa shape index (κ2) is 9.87. The van der Waals surface area contributed by atoms with E-state index in [0.717, 1.165) is 13.0 Å². The monoisotopic (exact) mass is 330 g/mol. The number of nitrogens with one attached hydrogen (secondary N) is 2.